The van der Waals surface area contributed by atoms with Gasteiger partial charge in [0.2, 0.25) is 0 Å². The highest BCUT2D eigenvalue weighted by molar-refractivity contribution is 14.1. The quantitative estimate of drug-likeness (QED) is 0.285. The molecule has 4 aromatic rings. The minimum absolute atomic E-state index is 0.131. The van der Waals surface area contributed by atoms with E-state index in [9.17, 15) is 14.7 Å². The zero-order valence-electron chi connectivity index (χ0n) is 17.2. The number of rotatable bonds is 5. The van der Waals surface area contributed by atoms with E-state index >= 15 is 0 Å². The normalized spacial score (nSPS) is 11.2. The highest BCUT2D eigenvalue weighted by Gasteiger charge is 2.13. The number of carbonyl (C=O) groups is 1. The largest absolute Gasteiger partial charge is 0.507 e. The molecule has 1 N–H and O–H groups in total. The molecule has 0 atom stereocenters. The van der Waals surface area contributed by atoms with Crippen molar-refractivity contribution >= 4 is 51.6 Å². The number of aromatic hydroxyl groups is 1. The van der Waals surface area contributed by atoms with E-state index in [1.807, 2.05) is 18.2 Å². The van der Waals surface area contributed by atoms with E-state index < -0.39 is 5.97 Å². The molecular formula is C25H19IN2O4. The van der Waals surface area contributed by atoms with E-state index in [-0.39, 0.29) is 17.9 Å². The van der Waals surface area contributed by atoms with Gasteiger partial charge in [0.05, 0.1) is 28.8 Å². The van der Waals surface area contributed by atoms with Gasteiger partial charge in [-0.2, -0.15) is 0 Å². The Morgan fingerprint density at radius 3 is 2.56 bits per heavy atom. The molecule has 6 nitrogen and oxygen atoms in total. The fraction of sp³-hybridized carbons (Fsp3) is 0.0800. The Labute approximate surface area is 198 Å². The summed E-state index contributed by atoms with van der Waals surface area (Å²) in [5, 5.41) is 10.6. The molecule has 0 aliphatic rings. The molecule has 0 bridgehead atoms. The van der Waals surface area contributed by atoms with E-state index in [1.54, 1.807) is 67.6 Å². The summed E-state index contributed by atoms with van der Waals surface area (Å²) in [7, 11) is 0. The number of phenols is 1. The molecule has 0 amide bonds. The summed E-state index contributed by atoms with van der Waals surface area (Å²) in [5.74, 6) is 0.111. The molecule has 0 spiro atoms. The molecule has 0 radical (unpaired) electrons. The van der Waals surface area contributed by atoms with Crippen LogP contribution in [0.3, 0.4) is 0 Å². The fourth-order valence-corrected chi connectivity index (χ4v) is 3.78. The maximum Gasteiger partial charge on any atom is 0.338 e. The summed E-state index contributed by atoms with van der Waals surface area (Å²) in [6.07, 6.45) is 3.40. The number of benzene rings is 3. The van der Waals surface area contributed by atoms with Gasteiger partial charge in [-0.1, -0.05) is 18.2 Å². The van der Waals surface area contributed by atoms with Crippen molar-refractivity contribution in [1.82, 2.24) is 9.55 Å². The maximum atomic E-state index is 13.4. The molecule has 0 saturated heterocycles. The van der Waals surface area contributed by atoms with Crippen LogP contribution in [-0.4, -0.2) is 27.2 Å². The minimum atomic E-state index is -0.419. The van der Waals surface area contributed by atoms with Crippen LogP contribution in [0, 0.1) is 3.57 Å². The zero-order chi connectivity index (χ0) is 22.7. The molecule has 0 fully saturated rings. The van der Waals surface area contributed by atoms with Crippen LogP contribution < -0.4 is 5.56 Å². The average Bonchev–Trinajstić information content (AvgIpc) is 2.79. The van der Waals surface area contributed by atoms with E-state index in [1.165, 1.54) is 4.57 Å². The maximum absolute atomic E-state index is 13.4. The van der Waals surface area contributed by atoms with Crippen molar-refractivity contribution in [2.75, 3.05) is 6.61 Å². The monoisotopic (exact) mass is 538 g/mol. The van der Waals surface area contributed by atoms with Crippen LogP contribution in [0.4, 0.5) is 0 Å². The number of fused-ring (bicyclic) bond motifs is 1. The molecule has 3 aromatic carbocycles. The van der Waals surface area contributed by atoms with Gasteiger partial charge in [-0.25, -0.2) is 9.78 Å². The number of carbonyl (C=O) groups excluding carboxylic acids is 1. The molecule has 0 saturated carbocycles. The Hall–Kier alpha value is -3.46. The SMILES string of the molecule is CCOC(=O)c1ccc(-n2c(/C=C/c3ccccc3O)nc3ccc(I)cc3c2=O)cc1. The smallest absolute Gasteiger partial charge is 0.338 e. The van der Waals surface area contributed by atoms with Crippen LogP contribution in [0.15, 0.2) is 71.5 Å². The predicted molar refractivity (Wildman–Crippen MR) is 133 cm³/mol. The second kappa shape index (κ2) is 9.35. The molecule has 1 heterocycles. The molecule has 0 unspecified atom stereocenters. The van der Waals surface area contributed by atoms with Crippen molar-refractivity contribution in [2.45, 2.75) is 6.92 Å². The average molecular weight is 538 g/mol. The van der Waals surface area contributed by atoms with Gasteiger partial charge in [-0.3, -0.25) is 9.36 Å². The number of phenolic OH excluding ortho intramolecular Hbond substituents is 1. The first kappa shape index (κ1) is 21.8. The van der Waals surface area contributed by atoms with Gasteiger partial charge >= 0.3 is 5.97 Å². The standard InChI is InChI=1S/C25H19IN2O4/c1-2-32-25(31)17-7-11-19(12-8-17)28-23(14-9-16-5-3-4-6-22(16)29)27-21-13-10-18(26)15-20(21)24(28)30/h3-15,29H,2H2,1H3/b14-9+. The van der Waals surface area contributed by atoms with Crippen molar-refractivity contribution < 1.29 is 14.6 Å². The molecule has 1 aromatic heterocycles. The first-order valence-electron chi connectivity index (χ1n) is 9.94. The van der Waals surface area contributed by atoms with E-state index in [0.717, 1.165) is 3.57 Å². The Kier molecular flexibility index (Phi) is 6.36. The summed E-state index contributed by atoms with van der Waals surface area (Å²) in [6, 6.07) is 19.0. The Bertz CT molecular complexity index is 1390. The van der Waals surface area contributed by atoms with Crippen LogP contribution in [0.2, 0.25) is 0 Å². The number of aromatic nitrogens is 2. The Morgan fingerprint density at radius 2 is 1.84 bits per heavy atom. The van der Waals surface area contributed by atoms with Gasteiger partial charge in [0.1, 0.15) is 11.6 Å². The molecule has 0 aliphatic carbocycles. The summed E-state index contributed by atoms with van der Waals surface area (Å²) in [6.45, 7) is 2.03. The third kappa shape index (κ3) is 4.43. The number of nitrogens with zero attached hydrogens (tertiary/aromatic N) is 2. The lowest BCUT2D eigenvalue weighted by atomic mass is 10.1. The lowest BCUT2D eigenvalue weighted by molar-refractivity contribution is 0.0526. The van der Waals surface area contributed by atoms with Crippen molar-refractivity contribution in [3.8, 4) is 11.4 Å². The van der Waals surface area contributed by atoms with Gasteiger partial charge in [0.25, 0.3) is 5.56 Å². The van der Waals surface area contributed by atoms with Gasteiger partial charge in [-0.15, -0.1) is 0 Å². The van der Waals surface area contributed by atoms with Crippen molar-refractivity contribution in [2.24, 2.45) is 0 Å². The summed E-state index contributed by atoms with van der Waals surface area (Å²) < 4.78 is 7.45. The number of hydrogen-bond donors (Lipinski definition) is 1. The molecule has 4 rings (SSSR count). The van der Waals surface area contributed by atoms with Gasteiger partial charge in [0.15, 0.2) is 0 Å². The summed E-state index contributed by atoms with van der Waals surface area (Å²) >= 11 is 2.16. The number of esters is 1. The third-order valence-electron chi connectivity index (χ3n) is 4.84. The zero-order valence-corrected chi connectivity index (χ0v) is 19.3. The minimum Gasteiger partial charge on any atom is -0.507 e. The third-order valence-corrected chi connectivity index (χ3v) is 5.51. The van der Waals surface area contributed by atoms with E-state index in [4.69, 9.17) is 4.74 Å². The lowest BCUT2D eigenvalue weighted by Gasteiger charge is -2.12. The van der Waals surface area contributed by atoms with E-state index in [2.05, 4.69) is 27.6 Å². The number of hydrogen-bond acceptors (Lipinski definition) is 5. The van der Waals surface area contributed by atoms with Gasteiger partial charge in [-0.05, 0) is 90.2 Å². The Balaban J connectivity index is 1.88. The first-order valence-corrected chi connectivity index (χ1v) is 11.0. The number of ether oxygens (including phenoxy) is 1. The second-order valence-electron chi connectivity index (χ2n) is 6.93. The summed E-state index contributed by atoms with van der Waals surface area (Å²) in [4.78, 5) is 30.1. The van der Waals surface area contributed by atoms with Crippen molar-refractivity contribution in [3.63, 3.8) is 0 Å². The molecule has 32 heavy (non-hydrogen) atoms. The van der Waals surface area contributed by atoms with Crippen LogP contribution in [0.5, 0.6) is 5.75 Å². The first-order chi connectivity index (χ1) is 15.5. The lowest BCUT2D eigenvalue weighted by Crippen LogP contribution is -2.22. The topological polar surface area (TPSA) is 81.4 Å². The summed E-state index contributed by atoms with van der Waals surface area (Å²) in [5.41, 5.74) is 1.92. The number of para-hydroxylation sites is 1. The molecule has 0 aliphatic heterocycles. The highest BCUT2D eigenvalue weighted by atomic mass is 127. The van der Waals surface area contributed by atoms with Crippen molar-refractivity contribution in [3.05, 3.63) is 97.6 Å². The molecular weight excluding hydrogens is 519 g/mol. The fourth-order valence-electron chi connectivity index (χ4n) is 3.29. The van der Waals surface area contributed by atoms with E-state index in [0.29, 0.717) is 33.5 Å². The van der Waals surface area contributed by atoms with Crippen LogP contribution in [-0.2, 0) is 4.74 Å². The Morgan fingerprint density at radius 1 is 1.09 bits per heavy atom. The molecule has 160 valence electrons. The van der Waals surface area contributed by atoms with Crippen molar-refractivity contribution in [1.29, 1.82) is 0 Å². The van der Waals surface area contributed by atoms with Crippen LogP contribution in [0.25, 0.3) is 28.7 Å². The van der Waals surface area contributed by atoms with Gasteiger partial charge < -0.3 is 9.84 Å². The van der Waals surface area contributed by atoms with Gasteiger partial charge in [0, 0.05) is 9.13 Å². The van der Waals surface area contributed by atoms with Crippen LogP contribution >= 0.6 is 22.6 Å². The predicted octanol–water partition coefficient (Wildman–Crippen LogP) is 5.04. The second-order valence-corrected chi connectivity index (χ2v) is 8.18. The van der Waals surface area contributed by atoms with Crippen LogP contribution in [0.1, 0.15) is 28.7 Å². The molecule has 7 heteroatoms. The number of halogens is 1. The highest BCUT2D eigenvalue weighted by Crippen LogP contribution is 2.21.